The molecule has 0 bridgehead atoms. The van der Waals surface area contributed by atoms with Gasteiger partial charge in [0.2, 0.25) is 0 Å². The Morgan fingerprint density at radius 1 is 1.41 bits per heavy atom. The van der Waals surface area contributed by atoms with Gasteiger partial charge in [0.05, 0.1) is 20.3 Å². The third-order valence-corrected chi connectivity index (χ3v) is 4.81. The molecule has 1 aromatic carbocycles. The molecule has 5 nitrogen and oxygen atoms in total. The molecule has 120 valence electrons. The maximum absolute atomic E-state index is 11.5. The smallest absolute Gasteiger partial charge is 0.136 e. The Bertz CT molecular complexity index is 587. The summed E-state index contributed by atoms with van der Waals surface area (Å²) in [5.41, 5.74) is 0.687. The fourth-order valence-electron chi connectivity index (χ4n) is 3.31. The van der Waals surface area contributed by atoms with Crippen LogP contribution in [0.15, 0.2) is 27.7 Å². The van der Waals surface area contributed by atoms with Crippen molar-refractivity contribution in [2.45, 2.75) is 25.1 Å². The first kappa shape index (κ1) is 15.9. The van der Waals surface area contributed by atoms with Crippen LogP contribution in [0.25, 0.3) is 0 Å². The number of aliphatic imine (C=N–C) groups is 1. The average Bonchev–Trinajstić information content (AvgIpc) is 2.83. The van der Waals surface area contributed by atoms with E-state index in [0.29, 0.717) is 25.4 Å². The standard InChI is InChI=1S/C16H21BrN2O3/c1-11-10-16(20,13-4-3-12(17)9-14(13)21-2)15(18-11)19-5-7-22-8-6-19/h3-4,9,15,20H,5-8,10H2,1-2H3. The van der Waals surface area contributed by atoms with Crippen LogP contribution in [0.5, 0.6) is 5.75 Å². The van der Waals surface area contributed by atoms with Gasteiger partial charge in [0.25, 0.3) is 0 Å². The summed E-state index contributed by atoms with van der Waals surface area (Å²) >= 11 is 3.45. The van der Waals surface area contributed by atoms with E-state index in [1.165, 1.54) is 0 Å². The third kappa shape index (κ3) is 2.80. The molecule has 0 radical (unpaired) electrons. The zero-order valence-electron chi connectivity index (χ0n) is 12.9. The Morgan fingerprint density at radius 2 is 2.14 bits per heavy atom. The topological polar surface area (TPSA) is 54.3 Å². The number of hydrogen-bond acceptors (Lipinski definition) is 5. The minimum absolute atomic E-state index is 0.286. The Balaban J connectivity index is 1.99. The molecule has 1 aromatic rings. The monoisotopic (exact) mass is 368 g/mol. The average molecular weight is 369 g/mol. The van der Waals surface area contributed by atoms with E-state index in [2.05, 4.69) is 20.8 Å². The number of methoxy groups -OCH3 is 1. The molecule has 2 aliphatic heterocycles. The molecule has 22 heavy (non-hydrogen) atoms. The lowest BCUT2D eigenvalue weighted by atomic mass is 9.87. The minimum atomic E-state index is -1.06. The van der Waals surface area contributed by atoms with Crippen molar-refractivity contribution in [2.75, 3.05) is 33.4 Å². The highest BCUT2D eigenvalue weighted by molar-refractivity contribution is 9.10. The van der Waals surface area contributed by atoms with Gasteiger partial charge in [-0.15, -0.1) is 0 Å². The molecule has 0 aliphatic carbocycles. The zero-order valence-corrected chi connectivity index (χ0v) is 14.5. The number of halogens is 1. The highest BCUT2D eigenvalue weighted by Crippen LogP contribution is 2.43. The van der Waals surface area contributed by atoms with Crippen molar-refractivity contribution >= 4 is 21.6 Å². The van der Waals surface area contributed by atoms with Crippen LogP contribution in [0.3, 0.4) is 0 Å². The molecule has 0 spiro atoms. The Morgan fingerprint density at radius 3 is 2.82 bits per heavy atom. The minimum Gasteiger partial charge on any atom is -0.496 e. The fourth-order valence-corrected chi connectivity index (χ4v) is 3.65. The Hall–Kier alpha value is -0.950. The first-order valence-corrected chi connectivity index (χ1v) is 8.25. The first-order valence-electron chi connectivity index (χ1n) is 7.46. The number of rotatable bonds is 3. The van der Waals surface area contributed by atoms with Crippen LogP contribution in [0.2, 0.25) is 0 Å². The second kappa shape index (κ2) is 6.28. The van der Waals surface area contributed by atoms with Crippen molar-refractivity contribution in [1.82, 2.24) is 4.90 Å². The van der Waals surface area contributed by atoms with Crippen LogP contribution in [-0.2, 0) is 10.3 Å². The maximum atomic E-state index is 11.5. The van der Waals surface area contributed by atoms with Crippen molar-refractivity contribution < 1.29 is 14.6 Å². The molecular weight excluding hydrogens is 348 g/mol. The van der Waals surface area contributed by atoms with Gasteiger partial charge in [-0.1, -0.05) is 22.0 Å². The van der Waals surface area contributed by atoms with Gasteiger partial charge < -0.3 is 14.6 Å². The summed E-state index contributed by atoms with van der Waals surface area (Å²) in [4.78, 5) is 6.91. The molecule has 2 aliphatic rings. The van der Waals surface area contributed by atoms with Gasteiger partial charge in [-0.3, -0.25) is 9.89 Å². The van der Waals surface area contributed by atoms with Gasteiger partial charge in [0.1, 0.15) is 17.5 Å². The quantitative estimate of drug-likeness (QED) is 0.888. The first-order chi connectivity index (χ1) is 10.5. The number of ether oxygens (including phenoxy) is 2. The predicted molar refractivity (Wildman–Crippen MR) is 88.5 cm³/mol. The molecule has 3 rings (SSSR count). The molecular formula is C16H21BrN2O3. The highest BCUT2D eigenvalue weighted by Gasteiger charge is 2.48. The van der Waals surface area contributed by atoms with Crippen molar-refractivity contribution in [2.24, 2.45) is 4.99 Å². The van der Waals surface area contributed by atoms with E-state index in [1.807, 2.05) is 25.1 Å². The normalized spacial score (nSPS) is 29.5. The van der Waals surface area contributed by atoms with E-state index >= 15 is 0 Å². The summed E-state index contributed by atoms with van der Waals surface area (Å²) in [6.45, 7) is 4.89. The second-order valence-electron chi connectivity index (χ2n) is 5.83. The molecule has 0 saturated carbocycles. The lowest BCUT2D eigenvalue weighted by Gasteiger charge is -2.39. The van der Waals surface area contributed by atoms with Crippen LogP contribution in [-0.4, -0.2) is 55.3 Å². The van der Waals surface area contributed by atoms with Crippen LogP contribution >= 0.6 is 15.9 Å². The van der Waals surface area contributed by atoms with Gasteiger partial charge >= 0.3 is 0 Å². The van der Waals surface area contributed by atoms with Gasteiger partial charge in [0.15, 0.2) is 0 Å². The van der Waals surface area contributed by atoms with Gasteiger partial charge in [0, 0.05) is 35.3 Å². The number of nitrogens with zero attached hydrogens (tertiary/aromatic N) is 2. The summed E-state index contributed by atoms with van der Waals surface area (Å²) in [6.07, 6.45) is 0.235. The summed E-state index contributed by atoms with van der Waals surface area (Å²) in [7, 11) is 1.63. The SMILES string of the molecule is COc1cc(Br)ccc1C1(O)CC(C)=NC1N1CCOCC1. The van der Waals surface area contributed by atoms with Crippen LogP contribution in [0.4, 0.5) is 0 Å². The molecule has 2 heterocycles. The van der Waals surface area contributed by atoms with E-state index in [9.17, 15) is 5.11 Å². The lowest BCUT2D eigenvalue weighted by molar-refractivity contribution is -0.0681. The second-order valence-corrected chi connectivity index (χ2v) is 6.75. The van der Waals surface area contributed by atoms with Crippen molar-refractivity contribution in [3.8, 4) is 5.75 Å². The Kier molecular flexibility index (Phi) is 4.54. The summed E-state index contributed by atoms with van der Waals surface area (Å²) in [5, 5.41) is 11.5. The predicted octanol–water partition coefficient (Wildman–Crippen LogP) is 2.17. The molecule has 6 heteroatoms. The van der Waals surface area contributed by atoms with Crippen molar-refractivity contribution in [3.63, 3.8) is 0 Å². The van der Waals surface area contributed by atoms with E-state index in [1.54, 1.807) is 7.11 Å². The van der Waals surface area contributed by atoms with Crippen LogP contribution in [0, 0.1) is 0 Å². The zero-order chi connectivity index (χ0) is 15.7. The molecule has 2 atom stereocenters. The summed E-state index contributed by atoms with van der Waals surface area (Å²) in [6, 6.07) is 5.74. The van der Waals surface area contributed by atoms with E-state index in [-0.39, 0.29) is 6.17 Å². The molecule has 0 aromatic heterocycles. The fraction of sp³-hybridized carbons (Fsp3) is 0.562. The van der Waals surface area contributed by atoms with E-state index in [4.69, 9.17) is 14.5 Å². The van der Waals surface area contributed by atoms with E-state index < -0.39 is 5.60 Å². The number of benzene rings is 1. The maximum Gasteiger partial charge on any atom is 0.136 e. The number of aliphatic hydroxyl groups is 1. The Labute approximate surface area is 139 Å². The number of morpholine rings is 1. The third-order valence-electron chi connectivity index (χ3n) is 4.32. The van der Waals surface area contributed by atoms with Gasteiger partial charge in [-0.05, 0) is 19.1 Å². The van der Waals surface area contributed by atoms with Crippen molar-refractivity contribution in [1.29, 1.82) is 0 Å². The largest absolute Gasteiger partial charge is 0.496 e. The molecule has 1 fully saturated rings. The summed E-state index contributed by atoms with van der Waals surface area (Å²) < 4.78 is 11.8. The molecule has 1 N–H and O–H groups in total. The van der Waals surface area contributed by atoms with Gasteiger partial charge in [-0.2, -0.15) is 0 Å². The van der Waals surface area contributed by atoms with Crippen LogP contribution < -0.4 is 4.74 Å². The molecule has 0 amide bonds. The van der Waals surface area contributed by atoms with Gasteiger partial charge in [-0.25, -0.2) is 0 Å². The summed E-state index contributed by atoms with van der Waals surface area (Å²) in [5.74, 6) is 0.681. The van der Waals surface area contributed by atoms with Crippen LogP contribution in [0.1, 0.15) is 18.9 Å². The highest BCUT2D eigenvalue weighted by atomic mass is 79.9. The van der Waals surface area contributed by atoms with E-state index in [0.717, 1.165) is 28.8 Å². The molecule has 1 saturated heterocycles. The molecule has 2 unspecified atom stereocenters. The number of hydrogen-bond donors (Lipinski definition) is 1. The lowest BCUT2D eigenvalue weighted by Crippen LogP contribution is -2.51. The van der Waals surface area contributed by atoms with Crippen molar-refractivity contribution in [3.05, 3.63) is 28.2 Å².